The SMILES string of the molecule is CCOc1cc(C(=O)OC)nc2c(C)cc(C)cc12. The molecule has 4 heteroatoms. The van der Waals surface area contributed by atoms with Crippen molar-refractivity contribution in [1.29, 1.82) is 0 Å². The minimum absolute atomic E-state index is 0.269. The first-order chi connectivity index (χ1) is 9.06. The zero-order valence-corrected chi connectivity index (χ0v) is 11.6. The average molecular weight is 259 g/mol. The van der Waals surface area contributed by atoms with Crippen LogP contribution in [0.25, 0.3) is 10.9 Å². The Morgan fingerprint density at radius 1 is 1.26 bits per heavy atom. The number of carbonyl (C=O) groups is 1. The molecule has 0 radical (unpaired) electrons. The number of benzene rings is 1. The van der Waals surface area contributed by atoms with Crippen LogP contribution < -0.4 is 4.74 Å². The maximum atomic E-state index is 11.7. The lowest BCUT2D eigenvalue weighted by Gasteiger charge is -2.11. The van der Waals surface area contributed by atoms with Gasteiger partial charge in [0.25, 0.3) is 0 Å². The zero-order valence-electron chi connectivity index (χ0n) is 11.6. The number of hydrogen-bond acceptors (Lipinski definition) is 4. The van der Waals surface area contributed by atoms with Gasteiger partial charge in [0.2, 0.25) is 0 Å². The van der Waals surface area contributed by atoms with Crippen LogP contribution in [0.15, 0.2) is 18.2 Å². The molecule has 19 heavy (non-hydrogen) atoms. The number of rotatable bonds is 3. The van der Waals surface area contributed by atoms with Crippen LogP contribution in [0.2, 0.25) is 0 Å². The minimum Gasteiger partial charge on any atom is -0.493 e. The predicted molar refractivity (Wildman–Crippen MR) is 73.7 cm³/mol. The summed E-state index contributed by atoms with van der Waals surface area (Å²) < 4.78 is 10.3. The lowest BCUT2D eigenvalue weighted by Crippen LogP contribution is -2.06. The summed E-state index contributed by atoms with van der Waals surface area (Å²) in [5, 5.41) is 0.923. The van der Waals surface area contributed by atoms with Gasteiger partial charge in [-0.1, -0.05) is 6.07 Å². The molecule has 1 aromatic carbocycles. The van der Waals surface area contributed by atoms with Crippen molar-refractivity contribution in [3.63, 3.8) is 0 Å². The Hall–Kier alpha value is -2.10. The summed E-state index contributed by atoms with van der Waals surface area (Å²) in [4.78, 5) is 16.0. The molecule has 2 rings (SSSR count). The molecule has 100 valence electrons. The van der Waals surface area contributed by atoms with Crippen molar-refractivity contribution in [1.82, 2.24) is 4.98 Å². The highest BCUT2D eigenvalue weighted by molar-refractivity contribution is 5.95. The highest BCUT2D eigenvalue weighted by Gasteiger charge is 2.14. The van der Waals surface area contributed by atoms with Crippen molar-refractivity contribution in [3.05, 3.63) is 35.0 Å². The third kappa shape index (κ3) is 2.52. The van der Waals surface area contributed by atoms with E-state index in [9.17, 15) is 4.79 Å². The minimum atomic E-state index is -0.456. The molecule has 4 nitrogen and oxygen atoms in total. The Labute approximate surface area is 112 Å². The number of nitrogens with zero attached hydrogens (tertiary/aromatic N) is 1. The number of hydrogen-bond donors (Lipinski definition) is 0. The molecule has 0 aliphatic carbocycles. The third-order valence-electron chi connectivity index (χ3n) is 2.90. The highest BCUT2D eigenvalue weighted by atomic mass is 16.5. The Morgan fingerprint density at radius 3 is 2.63 bits per heavy atom. The van der Waals surface area contributed by atoms with Crippen LogP contribution in [0.3, 0.4) is 0 Å². The van der Waals surface area contributed by atoms with Crippen LogP contribution >= 0.6 is 0 Å². The van der Waals surface area contributed by atoms with E-state index in [0.29, 0.717) is 12.4 Å². The second-order valence-electron chi connectivity index (χ2n) is 4.41. The molecule has 0 unspecified atom stereocenters. The van der Waals surface area contributed by atoms with Gasteiger partial charge in [0.05, 0.1) is 19.2 Å². The zero-order chi connectivity index (χ0) is 14.0. The van der Waals surface area contributed by atoms with Gasteiger partial charge < -0.3 is 9.47 Å². The maximum Gasteiger partial charge on any atom is 0.356 e. The number of carbonyl (C=O) groups excluding carboxylic acids is 1. The standard InChI is InChI=1S/C15H17NO3/c1-5-19-13-8-12(15(17)18-4)16-14-10(3)6-9(2)7-11(13)14/h6-8H,5H2,1-4H3. The van der Waals surface area contributed by atoms with E-state index in [1.165, 1.54) is 7.11 Å². The van der Waals surface area contributed by atoms with Crippen molar-refractivity contribution >= 4 is 16.9 Å². The first kappa shape index (κ1) is 13.3. The summed E-state index contributed by atoms with van der Waals surface area (Å²) >= 11 is 0. The molecule has 0 aliphatic rings. The molecule has 0 aliphatic heterocycles. The van der Waals surface area contributed by atoms with Gasteiger partial charge >= 0.3 is 5.97 Å². The summed E-state index contributed by atoms with van der Waals surface area (Å²) in [6.45, 7) is 6.44. The molecule has 0 fully saturated rings. The second kappa shape index (κ2) is 5.26. The monoisotopic (exact) mass is 259 g/mol. The maximum absolute atomic E-state index is 11.7. The molecule has 0 atom stereocenters. The van der Waals surface area contributed by atoms with Crippen molar-refractivity contribution in [2.45, 2.75) is 20.8 Å². The molecule has 0 N–H and O–H groups in total. The molecule has 1 aromatic heterocycles. The Morgan fingerprint density at radius 2 is 2.00 bits per heavy atom. The summed E-state index contributed by atoms with van der Waals surface area (Å²) in [6, 6.07) is 5.68. The van der Waals surface area contributed by atoms with Crippen LogP contribution in [0.4, 0.5) is 0 Å². The number of pyridine rings is 1. The number of fused-ring (bicyclic) bond motifs is 1. The molecule has 2 aromatic rings. The Balaban J connectivity index is 2.75. The van der Waals surface area contributed by atoms with E-state index in [1.807, 2.05) is 32.9 Å². The van der Waals surface area contributed by atoms with Gasteiger partial charge in [-0.25, -0.2) is 9.78 Å². The van der Waals surface area contributed by atoms with Crippen molar-refractivity contribution < 1.29 is 14.3 Å². The van der Waals surface area contributed by atoms with Gasteiger partial charge in [-0.05, 0) is 38.0 Å². The van der Waals surface area contributed by atoms with Crippen LogP contribution in [0, 0.1) is 13.8 Å². The summed E-state index contributed by atoms with van der Waals surface area (Å²) in [5.74, 6) is 0.211. The normalized spacial score (nSPS) is 10.5. The lowest BCUT2D eigenvalue weighted by molar-refractivity contribution is 0.0594. The molecule has 0 bridgehead atoms. The quantitative estimate of drug-likeness (QED) is 0.795. The van der Waals surface area contributed by atoms with Crippen LogP contribution in [-0.2, 0) is 4.74 Å². The Bertz CT molecular complexity index is 635. The van der Waals surface area contributed by atoms with E-state index in [1.54, 1.807) is 6.07 Å². The van der Waals surface area contributed by atoms with E-state index in [-0.39, 0.29) is 5.69 Å². The van der Waals surface area contributed by atoms with Crippen LogP contribution in [-0.4, -0.2) is 24.7 Å². The van der Waals surface area contributed by atoms with Gasteiger partial charge in [0.1, 0.15) is 5.75 Å². The number of aromatic nitrogens is 1. The summed E-state index contributed by atoms with van der Waals surface area (Å²) in [6.07, 6.45) is 0. The third-order valence-corrected chi connectivity index (χ3v) is 2.90. The van der Waals surface area contributed by atoms with Crippen molar-refractivity contribution in [2.75, 3.05) is 13.7 Å². The van der Waals surface area contributed by atoms with E-state index < -0.39 is 5.97 Å². The topological polar surface area (TPSA) is 48.4 Å². The first-order valence-electron chi connectivity index (χ1n) is 6.20. The highest BCUT2D eigenvalue weighted by Crippen LogP contribution is 2.29. The largest absolute Gasteiger partial charge is 0.493 e. The molecular weight excluding hydrogens is 242 g/mol. The molecule has 1 heterocycles. The summed E-state index contributed by atoms with van der Waals surface area (Å²) in [5.41, 5.74) is 3.20. The van der Waals surface area contributed by atoms with Gasteiger partial charge in [0.15, 0.2) is 5.69 Å². The lowest BCUT2D eigenvalue weighted by atomic mass is 10.1. The Kier molecular flexibility index (Phi) is 3.69. The number of methoxy groups -OCH3 is 1. The van der Waals surface area contributed by atoms with Crippen LogP contribution in [0.1, 0.15) is 28.5 Å². The van der Waals surface area contributed by atoms with Gasteiger partial charge in [0, 0.05) is 11.5 Å². The second-order valence-corrected chi connectivity index (χ2v) is 4.41. The van der Waals surface area contributed by atoms with Crippen molar-refractivity contribution in [2.24, 2.45) is 0 Å². The molecule has 0 amide bonds. The molecule has 0 spiro atoms. The fourth-order valence-corrected chi connectivity index (χ4v) is 2.13. The van der Waals surface area contributed by atoms with E-state index in [4.69, 9.17) is 9.47 Å². The molecule has 0 saturated heterocycles. The number of aryl methyl sites for hydroxylation is 2. The number of ether oxygens (including phenoxy) is 2. The fourth-order valence-electron chi connectivity index (χ4n) is 2.13. The average Bonchev–Trinajstić information content (AvgIpc) is 2.38. The van der Waals surface area contributed by atoms with E-state index in [0.717, 1.165) is 22.0 Å². The number of esters is 1. The van der Waals surface area contributed by atoms with Crippen molar-refractivity contribution in [3.8, 4) is 5.75 Å². The summed E-state index contributed by atoms with van der Waals surface area (Å²) in [7, 11) is 1.34. The van der Waals surface area contributed by atoms with E-state index in [2.05, 4.69) is 4.98 Å². The van der Waals surface area contributed by atoms with Crippen LogP contribution in [0.5, 0.6) is 5.75 Å². The van der Waals surface area contributed by atoms with Gasteiger partial charge in [-0.3, -0.25) is 0 Å². The molecule has 0 saturated carbocycles. The van der Waals surface area contributed by atoms with Gasteiger partial charge in [-0.15, -0.1) is 0 Å². The first-order valence-corrected chi connectivity index (χ1v) is 6.20. The smallest absolute Gasteiger partial charge is 0.356 e. The van der Waals surface area contributed by atoms with E-state index >= 15 is 0 Å². The van der Waals surface area contributed by atoms with Gasteiger partial charge in [-0.2, -0.15) is 0 Å². The molecular formula is C15H17NO3. The predicted octanol–water partition coefficient (Wildman–Crippen LogP) is 3.04. The fraction of sp³-hybridized carbons (Fsp3) is 0.333.